The molecule has 0 spiro atoms. The van der Waals surface area contributed by atoms with Crippen molar-refractivity contribution in [2.75, 3.05) is 0 Å². The van der Waals surface area contributed by atoms with Crippen LogP contribution in [-0.2, 0) is 0 Å². The van der Waals surface area contributed by atoms with Crippen molar-refractivity contribution in [1.82, 2.24) is 0 Å². The molecule has 0 aliphatic heterocycles. The Hall–Kier alpha value is -0.350. The van der Waals surface area contributed by atoms with Gasteiger partial charge in [0.25, 0.3) is 0 Å². The summed E-state index contributed by atoms with van der Waals surface area (Å²) in [5, 5.41) is 0. The highest BCUT2D eigenvalue weighted by molar-refractivity contribution is 4.54. The molecule has 0 saturated carbocycles. The molecule has 0 amide bonds. The van der Waals surface area contributed by atoms with Crippen molar-refractivity contribution in [2.45, 2.75) is 39.0 Å². The molecular weight excluding hydrogens is 96.1 g/mol. The van der Waals surface area contributed by atoms with Gasteiger partial charge in [-0.2, -0.15) is 0 Å². The van der Waals surface area contributed by atoms with Crippen molar-refractivity contribution in [2.24, 2.45) is 0 Å². The summed E-state index contributed by atoms with van der Waals surface area (Å²) in [4.78, 5) is 0. The summed E-state index contributed by atoms with van der Waals surface area (Å²) >= 11 is 0. The Bertz CT molecular complexity index is 46.0. The predicted octanol–water partition coefficient (Wildman–Crippen LogP) is 2.95. The van der Waals surface area contributed by atoms with Crippen molar-refractivity contribution in [1.29, 1.82) is 0 Å². The molecular formula is C8H15+. The first-order valence-electron chi connectivity index (χ1n) is 3.41. The topological polar surface area (TPSA) is 0 Å². The third-order valence-electron chi connectivity index (χ3n) is 1.21. The molecule has 0 rings (SSSR count). The number of rotatable bonds is 5. The van der Waals surface area contributed by atoms with E-state index in [9.17, 15) is 0 Å². The molecule has 0 aliphatic carbocycles. The molecule has 0 unspecified atom stereocenters. The van der Waals surface area contributed by atoms with Gasteiger partial charge in [-0.3, -0.25) is 0 Å². The van der Waals surface area contributed by atoms with Crippen LogP contribution in [0, 0.1) is 6.08 Å². The standard InChI is InChI=1S/C8H15/c1-3-5-7-8-6-4-2/h1,4-8H2,2H3/q+1. The number of unbranched alkanes of at least 4 members (excludes halogenated alkanes) is 4. The molecule has 0 fully saturated rings. The summed E-state index contributed by atoms with van der Waals surface area (Å²) < 4.78 is 0. The van der Waals surface area contributed by atoms with E-state index in [1.807, 2.05) is 0 Å². The lowest BCUT2D eigenvalue weighted by Gasteiger charge is -1.87. The van der Waals surface area contributed by atoms with Gasteiger partial charge in [0.05, 0.1) is 0 Å². The van der Waals surface area contributed by atoms with Gasteiger partial charge in [0.15, 0.2) is 6.42 Å². The molecule has 0 atom stereocenters. The Morgan fingerprint density at radius 1 is 1.25 bits per heavy atom. The lowest BCUT2D eigenvalue weighted by Crippen LogP contribution is -1.72. The normalized spacial score (nSPS) is 8.62. The maximum absolute atomic E-state index is 3.53. The van der Waals surface area contributed by atoms with Gasteiger partial charge in [-0.15, -0.1) is 0 Å². The molecule has 0 aromatic carbocycles. The fourth-order valence-corrected chi connectivity index (χ4v) is 0.677. The fourth-order valence-electron chi connectivity index (χ4n) is 0.677. The third-order valence-corrected chi connectivity index (χ3v) is 1.21. The Morgan fingerprint density at radius 2 is 2.00 bits per heavy atom. The quantitative estimate of drug-likeness (QED) is 0.378. The van der Waals surface area contributed by atoms with Gasteiger partial charge in [0, 0.05) is 0 Å². The van der Waals surface area contributed by atoms with Crippen LogP contribution in [0.25, 0.3) is 0 Å². The zero-order chi connectivity index (χ0) is 6.24. The summed E-state index contributed by atoms with van der Waals surface area (Å²) in [5.41, 5.74) is 0. The average molecular weight is 111 g/mol. The molecule has 0 saturated heterocycles. The molecule has 0 aromatic rings. The number of hydrogen-bond donors (Lipinski definition) is 0. The van der Waals surface area contributed by atoms with E-state index in [-0.39, 0.29) is 0 Å². The highest BCUT2D eigenvalue weighted by atomic mass is 13.9. The Kier molecular flexibility index (Phi) is 6.36. The maximum Gasteiger partial charge on any atom is 0.214 e. The molecule has 0 aliphatic rings. The minimum absolute atomic E-state index is 1.07. The van der Waals surface area contributed by atoms with Gasteiger partial charge in [-0.25, -0.2) is 0 Å². The van der Waals surface area contributed by atoms with Crippen LogP contribution in [0.2, 0.25) is 0 Å². The zero-order valence-electron chi connectivity index (χ0n) is 5.74. The van der Waals surface area contributed by atoms with E-state index in [4.69, 9.17) is 0 Å². The Balaban J connectivity index is 2.62. The van der Waals surface area contributed by atoms with E-state index in [0.717, 1.165) is 6.42 Å². The highest BCUT2D eigenvalue weighted by Gasteiger charge is 1.89. The van der Waals surface area contributed by atoms with E-state index >= 15 is 0 Å². The second-order valence-corrected chi connectivity index (χ2v) is 2.06. The lowest BCUT2D eigenvalue weighted by molar-refractivity contribution is 0.671. The molecule has 8 heavy (non-hydrogen) atoms. The molecule has 0 heteroatoms. The largest absolute Gasteiger partial charge is 0.214 e. The van der Waals surface area contributed by atoms with Gasteiger partial charge in [0.1, 0.15) is 6.58 Å². The van der Waals surface area contributed by atoms with Crippen LogP contribution in [0.1, 0.15) is 39.0 Å². The van der Waals surface area contributed by atoms with Crippen molar-refractivity contribution in [3.05, 3.63) is 12.7 Å². The monoisotopic (exact) mass is 111 g/mol. The second-order valence-electron chi connectivity index (χ2n) is 2.06. The second kappa shape index (κ2) is 6.65. The summed E-state index contributed by atoms with van der Waals surface area (Å²) in [5.74, 6) is 0. The van der Waals surface area contributed by atoms with Gasteiger partial charge in [-0.05, 0) is 12.8 Å². The van der Waals surface area contributed by atoms with Crippen LogP contribution in [0.4, 0.5) is 0 Å². The van der Waals surface area contributed by atoms with Crippen molar-refractivity contribution < 1.29 is 0 Å². The van der Waals surface area contributed by atoms with E-state index < -0.39 is 0 Å². The highest BCUT2D eigenvalue weighted by Crippen LogP contribution is 2.00. The van der Waals surface area contributed by atoms with Crippen LogP contribution < -0.4 is 0 Å². The van der Waals surface area contributed by atoms with Crippen LogP contribution in [0.3, 0.4) is 0 Å². The molecule has 0 aromatic heterocycles. The van der Waals surface area contributed by atoms with Gasteiger partial charge in [0.2, 0.25) is 6.08 Å². The van der Waals surface area contributed by atoms with E-state index in [1.54, 1.807) is 0 Å². The summed E-state index contributed by atoms with van der Waals surface area (Å²) in [6, 6.07) is 0. The van der Waals surface area contributed by atoms with Crippen LogP contribution in [0.5, 0.6) is 0 Å². The minimum Gasteiger partial charge on any atom is -0.0654 e. The van der Waals surface area contributed by atoms with E-state index in [1.165, 1.54) is 25.7 Å². The SMILES string of the molecule is C=[C+]CCCCCC. The minimum atomic E-state index is 1.07. The maximum atomic E-state index is 3.53. The Morgan fingerprint density at radius 3 is 2.50 bits per heavy atom. The summed E-state index contributed by atoms with van der Waals surface area (Å²) in [6.45, 7) is 5.75. The first-order chi connectivity index (χ1) is 3.91. The lowest BCUT2D eigenvalue weighted by atomic mass is 10.2. The molecule has 46 valence electrons. The third kappa shape index (κ3) is 5.65. The van der Waals surface area contributed by atoms with Crippen LogP contribution in [0.15, 0.2) is 6.58 Å². The fraction of sp³-hybridized carbons (Fsp3) is 0.750. The van der Waals surface area contributed by atoms with Crippen LogP contribution in [-0.4, -0.2) is 0 Å². The van der Waals surface area contributed by atoms with Crippen LogP contribution >= 0.6 is 0 Å². The molecule has 0 radical (unpaired) electrons. The van der Waals surface area contributed by atoms with E-state index in [2.05, 4.69) is 19.6 Å². The summed E-state index contributed by atoms with van der Waals surface area (Å²) in [7, 11) is 0. The average Bonchev–Trinajstić information content (AvgIpc) is 1.81. The van der Waals surface area contributed by atoms with Gasteiger partial charge < -0.3 is 0 Å². The van der Waals surface area contributed by atoms with Gasteiger partial charge >= 0.3 is 0 Å². The molecule has 0 heterocycles. The molecule has 0 N–H and O–H groups in total. The number of hydrogen-bond acceptors (Lipinski definition) is 0. The Labute approximate surface area is 52.6 Å². The van der Waals surface area contributed by atoms with E-state index in [0.29, 0.717) is 0 Å². The van der Waals surface area contributed by atoms with Crippen molar-refractivity contribution in [3.63, 3.8) is 0 Å². The van der Waals surface area contributed by atoms with Crippen molar-refractivity contribution >= 4 is 0 Å². The first-order valence-corrected chi connectivity index (χ1v) is 3.41. The van der Waals surface area contributed by atoms with Crippen molar-refractivity contribution in [3.8, 4) is 0 Å². The smallest absolute Gasteiger partial charge is 0.0654 e. The first kappa shape index (κ1) is 7.65. The zero-order valence-corrected chi connectivity index (χ0v) is 5.74. The molecule has 0 bridgehead atoms. The summed E-state index contributed by atoms with van der Waals surface area (Å²) in [6.07, 6.45) is 9.25. The predicted molar refractivity (Wildman–Crippen MR) is 37.6 cm³/mol. The van der Waals surface area contributed by atoms with Gasteiger partial charge in [-0.1, -0.05) is 19.8 Å². The molecule has 0 nitrogen and oxygen atoms in total. The number of allylic oxidation sites excluding steroid dienone is 1.